The maximum absolute atomic E-state index is 12.7. The molecule has 1 atom stereocenters. The maximum atomic E-state index is 12.7. The van der Waals surface area contributed by atoms with Gasteiger partial charge in [0.25, 0.3) is 5.56 Å². The Kier molecular flexibility index (Phi) is 4.60. The second kappa shape index (κ2) is 6.24. The molecule has 7 heteroatoms. The zero-order valence-electron chi connectivity index (χ0n) is 15.6. The summed E-state index contributed by atoms with van der Waals surface area (Å²) in [6, 6.07) is 9.96. The van der Waals surface area contributed by atoms with Gasteiger partial charge in [0.05, 0.1) is 11.2 Å². The largest absolute Gasteiger partial charge is 0.495 e. The molecule has 1 aromatic carbocycles. The van der Waals surface area contributed by atoms with E-state index in [2.05, 4.69) is 0 Å². The number of hydrogen-bond donors (Lipinski definition) is 1. The van der Waals surface area contributed by atoms with Gasteiger partial charge in [-0.3, -0.25) is 9.36 Å². The molecule has 1 aromatic heterocycles. The normalized spacial score (nSPS) is 20.8. The second-order valence-corrected chi connectivity index (χ2v) is 8.22. The standard InChI is InChI=1S/C19H23BClNO4/c1-17(2)18(3,4)26-20(25-17)14-9-10-22(16(23)12-14)19(5,24)13-7-6-8-15(21)11-13/h6-12,24H,1-5H3. The van der Waals surface area contributed by atoms with Crippen molar-refractivity contribution in [1.29, 1.82) is 0 Å². The van der Waals surface area contributed by atoms with Gasteiger partial charge >= 0.3 is 7.12 Å². The molecule has 2 aromatic rings. The molecule has 0 amide bonds. The van der Waals surface area contributed by atoms with E-state index in [1.165, 1.54) is 10.6 Å². The first-order chi connectivity index (χ1) is 11.9. The van der Waals surface area contributed by atoms with Gasteiger partial charge in [-0.05, 0) is 58.3 Å². The lowest BCUT2D eigenvalue weighted by molar-refractivity contribution is 0.00578. The summed E-state index contributed by atoms with van der Waals surface area (Å²) in [7, 11) is -0.626. The lowest BCUT2D eigenvalue weighted by Gasteiger charge is -2.32. The summed E-state index contributed by atoms with van der Waals surface area (Å²) in [5, 5.41) is 11.4. The van der Waals surface area contributed by atoms with Gasteiger partial charge in [0, 0.05) is 22.8 Å². The number of nitrogens with zero attached hydrogens (tertiary/aromatic N) is 1. The Morgan fingerprint density at radius 2 is 1.73 bits per heavy atom. The van der Waals surface area contributed by atoms with Crippen LogP contribution in [0, 0.1) is 0 Å². The van der Waals surface area contributed by atoms with Crippen LogP contribution in [-0.4, -0.2) is 28.0 Å². The predicted molar refractivity (Wildman–Crippen MR) is 103 cm³/mol. The van der Waals surface area contributed by atoms with Crippen LogP contribution in [0.25, 0.3) is 0 Å². The molecular formula is C19H23BClNO4. The minimum atomic E-state index is -1.53. The minimum Gasteiger partial charge on any atom is -0.399 e. The van der Waals surface area contributed by atoms with E-state index in [9.17, 15) is 9.90 Å². The molecule has 0 spiro atoms. The highest BCUT2D eigenvalue weighted by Gasteiger charge is 2.51. The van der Waals surface area contributed by atoms with Crippen LogP contribution in [0.1, 0.15) is 40.2 Å². The van der Waals surface area contributed by atoms with Crippen LogP contribution in [0.3, 0.4) is 0 Å². The molecule has 0 aliphatic carbocycles. The molecule has 1 aliphatic rings. The van der Waals surface area contributed by atoms with E-state index in [0.717, 1.165) is 0 Å². The molecule has 138 valence electrons. The van der Waals surface area contributed by atoms with E-state index >= 15 is 0 Å². The molecule has 0 saturated carbocycles. The lowest BCUT2D eigenvalue weighted by atomic mass is 9.80. The van der Waals surface area contributed by atoms with Crippen molar-refractivity contribution in [3.05, 3.63) is 63.5 Å². The molecule has 1 aliphatic heterocycles. The fourth-order valence-corrected chi connectivity index (χ4v) is 3.09. The highest BCUT2D eigenvalue weighted by molar-refractivity contribution is 6.62. The van der Waals surface area contributed by atoms with E-state index in [0.29, 0.717) is 16.0 Å². The van der Waals surface area contributed by atoms with E-state index < -0.39 is 24.0 Å². The first-order valence-electron chi connectivity index (χ1n) is 8.51. The van der Waals surface area contributed by atoms with Crippen LogP contribution in [0.5, 0.6) is 0 Å². The second-order valence-electron chi connectivity index (χ2n) is 7.79. The third-order valence-electron chi connectivity index (χ3n) is 5.31. The van der Waals surface area contributed by atoms with Crippen LogP contribution >= 0.6 is 11.6 Å². The Balaban J connectivity index is 1.95. The molecule has 1 N–H and O–H groups in total. The number of halogens is 1. The summed E-state index contributed by atoms with van der Waals surface area (Å²) in [5.41, 5.74) is -1.72. The van der Waals surface area contributed by atoms with Crippen LogP contribution in [0.2, 0.25) is 5.02 Å². The fourth-order valence-electron chi connectivity index (χ4n) is 2.90. The summed E-state index contributed by atoms with van der Waals surface area (Å²) < 4.78 is 13.2. The van der Waals surface area contributed by atoms with Crippen molar-refractivity contribution in [2.24, 2.45) is 0 Å². The van der Waals surface area contributed by atoms with Gasteiger partial charge in [-0.2, -0.15) is 0 Å². The molecular weight excluding hydrogens is 352 g/mol. The van der Waals surface area contributed by atoms with Crippen LogP contribution < -0.4 is 11.0 Å². The van der Waals surface area contributed by atoms with Crippen molar-refractivity contribution in [3.8, 4) is 0 Å². The van der Waals surface area contributed by atoms with Crippen molar-refractivity contribution in [2.45, 2.75) is 51.5 Å². The Bertz CT molecular complexity index is 875. The third-order valence-corrected chi connectivity index (χ3v) is 5.54. The van der Waals surface area contributed by atoms with Crippen LogP contribution in [-0.2, 0) is 15.0 Å². The average Bonchev–Trinajstić information content (AvgIpc) is 2.75. The molecule has 5 nitrogen and oxygen atoms in total. The van der Waals surface area contributed by atoms with Gasteiger partial charge in [-0.1, -0.05) is 23.7 Å². The summed E-state index contributed by atoms with van der Waals surface area (Å²) in [5.74, 6) is 0. The molecule has 0 radical (unpaired) electrons. The van der Waals surface area contributed by atoms with Gasteiger partial charge in [-0.15, -0.1) is 0 Å². The Morgan fingerprint density at radius 3 is 2.27 bits per heavy atom. The van der Waals surface area contributed by atoms with Crippen molar-refractivity contribution < 1.29 is 14.4 Å². The highest BCUT2D eigenvalue weighted by Crippen LogP contribution is 2.36. The zero-order chi connectivity index (χ0) is 19.3. The minimum absolute atomic E-state index is 0.359. The molecule has 1 saturated heterocycles. The topological polar surface area (TPSA) is 60.7 Å². The van der Waals surface area contributed by atoms with Crippen molar-refractivity contribution in [3.63, 3.8) is 0 Å². The monoisotopic (exact) mass is 375 g/mol. The molecule has 0 bridgehead atoms. The first kappa shape index (κ1) is 19.2. The van der Waals surface area contributed by atoms with Crippen molar-refractivity contribution in [2.75, 3.05) is 0 Å². The maximum Gasteiger partial charge on any atom is 0.495 e. The molecule has 1 unspecified atom stereocenters. The molecule has 2 heterocycles. The van der Waals surface area contributed by atoms with E-state index in [-0.39, 0.29) is 5.56 Å². The number of aliphatic hydroxyl groups is 1. The number of benzene rings is 1. The number of hydrogen-bond acceptors (Lipinski definition) is 4. The highest BCUT2D eigenvalue weighted by atomic mass is 35.5. The first-order valence-corrected chi connectivity index (χ1v) is 8.89. The third kappa shape index (κ3) is 3.23. The number of pyridine rings is 1. The average molecular weight is 376 g/mol. The lowest BCUT2D eigenvalue weighted by Crippen LogP contribution is -2.43. The summed E-state index contributed by atoms with van der Waals surface area (Å²) in [4.78, 5) is 12.7. The van der Waals surface area contributed by atoms with E-state index in [4.69, 9.17) is 20.9 Å². The zero-order valence-corrected chi connectivity index (χ0v) is 16.4. The van der Waals surface area contributed by atoms with Gasteiger partial charge in [-0.25, -0.2) is 0 Å². The smallest absolute Gasteiger partial charge is 0.399 e. The number of rotatable bonds is 3. The quantitative estimate of drug-likeness (QED) is 0.838. The predicted octanol–water partition coefficient (Wildman–Crippen LogP) is 2.51. The van der Waals surface area contributed by atoms with Crippen molar-refractivity contribution in [1.82, 2.24) is 4.57 Å². The SMILES string of the molecule is CC(O)(c1cccc(Cl)c1)n1ccc(B2OC(C)(C)C(C)(C)O2)cc1=O. The van der Waals surface area contributed by atoms with Gasteiger partial charge in [0.1, 0.15) is 0 Å². The Hall–Kier alpha value is -1.60. The Labute approximate surface area is 158 Å². The fraction of sp³-hybridized carbons (Fsp3) is 0.421. The summed E-state index contributed by atoms with van der Waals surface area (Å²) >= 11 is 6.01. The van der Waals surface area contributed by atoms with Crippen LogP contribution in [0.15, 0.2) is 47.4 Å². The summed E-state index contributed by atoms with van der Waals surface area (Å²) in [6.45, 7) is 9.38. The van der Waals surface area contributed by atoms with Crippen LogP contribution in [0.4, 0.5) is 0 Å². The van der Waals surface area contributed by atoms with Gasteiger partial charge in [0.2, 0.25) is 0 Å². The molecule has 1 fully saturated rings. The Morgan fingerprint density at radius 1 is 1.12 bits per heavy atom. The molecule has 26 heavy (non-hydrogen) atoms. The molecule has 3 rings (SSSR count). The van der Waals surface area contributed by atoms with E-state index in [1.54, 1.807) is 43.5 Å². The van der Waals surface area contributed by atoms with Crippen molar-refractivity contribution >= 4 is 24.2 Å². The number of aromatic nitrogens is 1. The van der Waals surface area contributed by atoms with Gasteiger partial charge < -0.3 is 14.4 Å². The van der Waals surface area contributed by atoms with E-state index in [1.807, 2.05) is 27.7 Å². The summed E-state index contributed by atoms with van der Waals surface area (Å²) in [6.07, 6.45) is 1.55. The van der Waals surface area contributed by atoms with Gasteiger partial charge in [0.15, 0.2) is 5.72 Å².